The second-order valence-electron chi connectivity index (χ2n) is 6.86. The smallest absolute Gasteiger partial charge is 0.310 e. The highest BCUT2D eigenvalue weighted by Gasteiger charge is 2.30. The summed E-state index contributed by atoms with van der Waals surface area (Å²) in [6, 6.07) is 11.6. The van der Waals surface area contributed by atoms with Gasteiger partial charge in [-0.2, -0.15) is 13.2 Å². The summed E-state index contributed by atoms with van der Waals surface area (Å²) >= 11 is 0. The van der Waals surface area contributed by atoms with Crippen molar-refractivity contribution in [1.29, 1.82) is 0 Å². The van der Waals surface area contributed by atoms with E-state index in [-0.39, 0.29) is 0 Å². The van der Waals surface area contributed by atoms with Crippen molar-refractivity contribution >= 4 is 17.0 Å². The van der Waals surface area contributed by atoms with E-state index < -0.39 is 11.7 Å². The van der Waals surface area contributed by atoms with Crippen molar-refractivity contribution in [2.24, 2.45) is 0 Å². The summed E-state index contributed by atoms with van der Waals surface area (Å²) in [6.07, 6.45) is -0.155. The lowest BCUT2D eigenvalue weighted by atomic mass is 10.1. The van der Waals surface area contributed by atoms with Gasteiger partial charge in [-0.25, -0.2) is 0 Å². The van der Waals surface area contributed by atoms with Crippen LogP contribution in [0.25, 0.3) is 22.7 Å². The highest BCUT2D eigenvalue weighted by atomic mass is 19.4. The number of hydrogen-bond acceptors (Lipinski definition) is 1. The first-order chi connectivity index (χ1) is 12.3. The minimum Gasteiger partial charge on any atom is -0.310 e. The summed E-state index contributed by atoms with van der Waals surface area (Å²) in [5, 5.41) is 1.15. The third-order valence-corrected chi connectivity index (χ3v) is 4.84. The number of hydrogen-bond donors (Lipinski definition) is 0. The van der Waals surface area contributed by atoms with Crippen LogP contribution in [0.3, 0.4) is 0 Å². The molecule has 0 atom stereocenters. The van der Waals surface area contributed by atoms with E-state index in [1.165, 1.54) is 11.1 Å². The second-order valence-corrected chi connectivity index (χ2v) is 6.86. The molecule has 5 heteroatoms. The molecule has 0 saturated carbocycles. The molecule has 1 aliphatic rings. The number of nitrogens with zero attached hydrogens (tertiary/aromatic N) is 2. The predicted molar refractivity (Wildman–Crippen MR) is 98.4 cm³/mol. The number of benzene rings is 2. The molecule has 2 heterocycles. The van der Waals surface area contributed by atoms with Gasteiger partial charge in [0.1, 0.15) is 0 Å². The number of aryl methyl sites for hydroxylation is 1. The van der Waals surface area contributed by atoms with Gasteiger partial charge in [0.25, 0.3) is 0 Å². The van der Waals surface area contributed by atoms with Gasteiger partial charge in [0.05, 0.1) is 16.8 Å². The van der Waals surface area contributed by atoms with Crippen LogP contribution < -0.4 is 0 Å². The Hall–Kier alpha value is -2.53. The van der Waals surface area contributed by atoms with Crippen LogP contribution in [-0.2, 0) is 12.7 Å². The van der Waals surface area contributed by atoms with Gasteiger partial charge in [-0.05, 0) is 62.0 Å². The molecule has 134 valence electrons. The molecule has 4 rings (SSSR count). The largest absolute Gasteiger partial charge is 0.416 e. The van der Waals surface area contributed by atoms with Crippen LogP contribution in [0.15, 0.2) is 48.5 Å². The van der Waals surface area contributed by atoms with Gasteiger partial charge in [0.15, 0.2) is 0 Å². The van der Waals surface area contributed by atoms with E-state index >= 15 is 0 Å². The molecule has 0 radical (unpaired) electrons. The van der Waals surface area contributed by atoms with Gasteiger partial charge in [-0.3, -0.25) is 4.90 Å². The Morgan fingerprint density at radius 1 is 1.00 bits per heavy atom. The number of aromatic nitrogens is 1. The maximum Gasteiger partial charge on any atom is 0.416 e. The van der Waals surface area contributed by atoms with Crippen molar-refractivity contribution in [3.05, 3.63) is 70.9 Å². The first-order valence-corrected chi connectivity index (χ1v) is 8.51. The van der Waals surface area contributed by atoms with E-state index in [0.29, 0.717) is 0 Å². The molecule has 2 aromatic carbocycles. The van der Waals surface area contributed by atoms with Gasteiger partial charge in [-0.1, -0.05) is 17.7 Å². The van der Waals surface area contributed by atoms with Gasteiger partial charge in [-0.15, -0.1) is 0 Å². The summed E-state index contributed by atoms with van der Waals surface area (Å²) in [6.45, 7) is 3.70. The van der Waals surface area contributed by atoms with E-state index in [0.717, 1.165) is 47.5 Å². The van der Waals surface area contributed by atoms with Crippen LogP contribution >= 0.6 is 0 Å². The Bertz CT molecular complexity index is 995. The van der Waals surface area contributed by atoms with Crippen LogP contribution in [0, 0.1) is 6.92 Å². The number of likely N-dealkylation sites (N-methyl/N-ethyl adjacent to an activating group) is 1. The normalized spacial score (nSPS) is 15.3. The first-order valence-electron chi connectivity index (χ1n) is 8.51. The lowest BCUT2D eigenvalue weighted by molar-refractivity contribution is -0.137. The van der Waals surface area contributed by atoms with Crippen LogP contribution in [0.5, 0.6) is 0 Å². The molecular formula is C21H19F3N2. The summed E-state index contributed by atoms with van der Waals surface area (Å²) < 4.78 is 40.8. The standard InChI is InChI=1S/C21H19F3N2/c1-14-5-10-20-17(12-14)18-13-25(2)11-3-4-19(18)26(20)16-8-6-15(7-9-16)21(22,23)24/h3-10,12H,11,13H2,1-2H3. The molecule has 3 aromatic rings. The molecule has 0 unspecified atom stereocenters. The molecule has 0 spiro atoms. The fraction of sp³-hybridized carbons (Fsp3) is 0.238. The average Bonchev–Trinajstić information content (AvgIpc) is 2.74. The van der Waals surface area contributed by atoms with Crippen molar-refractivity contribution < 1.29 is 13.2 Å². The van der Waals surface area contributed by atoms with Crippen molar-refractivity contribution in [3.8, 4) is 5.69 Å². The minimum absolute atomic E-state index is 0.630. The molecule has 0 saturated heterocycles. The highest BCUT2D eigenvalue weighted by molar-refractivity contribution is 5.90. The Morgan fingerprint density at radius 2 is 1.73 bits per heavy atom. The molecule has 0 fully saturated rings. The van der Waals surface area contributed by atoms with E-state index in [4.69, 9.17) is 0 Å². The van der Waals surface area contributed by atoms with E-state index in [9.17, 15) is 13.2 Å². The molecular weight excluding hydrogens is 337 g/mol. The summed E-state index contributed by atoms with van der Waals surface area (Å²) in [4.78, 5) is 2.22. The number of fused-ring (bicyclic) bond motifs is 3. The zero-order valence-electron chi connectivity index (χ0n) is 14.6. The van der Waals surface area contributed by atoms with Crippen molar-refractivity contribution in [2.45, 2.75) is 19.6 Å². The fourth-order valence-electron chi connectivity index (χ4n) is 3.59. The fourth-order valence-corrected chi connectivity index (χ4v) is 3.59. The van der Waals surface area contributed by atoms with Crippen molar-refractivity contribution in [1.82, 2.24) is 9.47 Å². The second kappa shape index (κ2) is 6.02. The quantitative estimate of drug-likeness (QED) is 0.565. The summed E-state index contributed by atoms with van der Waals surface area (Å²) in [5.41, 5.74) is 4.54. The SMILES string of the molecule is Cc1ccc2c(c1)c1c(n2-c2ccc(C(F)(F)F)cc2)C=CCN(C)C1. The highest BCUT2D eigenvalue weighted by Crippen LogP contribution is 2.35. The van der Waals surface area contributed by atoms with Crippen molar-refractivity contribution in [3.63, 3.8) is 0 Å². The zero-order chi connectivity index (χ0) is 18.5. The summed E-state index contributed by atoms with van der Waals surface area (Å²) in [7, 11) is 2.07. The van der Waals surface area contributed by atoms with E-state index in [1.807, 2.05) is 12.1 Å². The molecule has 2 nitrogen and oxygen atoms in total. The van der Waals surface area contributed by atoms with Gasteiger partial charge < -0.3 is 4.57 Å². The van der Waals surface area contributed by atoms with Gasteiger partial charge in [0, 0.05) is 24.2 Å². The molecule has 0 aliphatic carbocycles. The van der Waals surface area contributed by atoms with Crippen LogP contribution in [-0.4, -0.2) is 23.1 Å². The molecule has 0 amide bonds. The maximum absolute atomic E-state index is 12.9. The molecule has 0 N–H and O–H groups in total. The number of alkyl halides is 3. The monoisotopic (exact) mass is 356 g/mol. The van der Waals surface area contributed by atoms with Gasteiger partial charge in [0.2, 0.25) is 0 Å². The Labute approximate surface area is 150 Å². The lowest BCUT2D eigenvalue weighted by Gasteiger charge is -2.12. The summed E-state index contributed by atoms with van der Waals surface area (Å²) in [5.74, 6) is 0. The molecule has 1 aromatic heterocycles. The number of halogens is 3. The Kier molecular flexibility index (Phi) is 3.92. The van der Waals surface area contributed by atoms with Gasteiger partial charge >= 0.3 is 6.18 Å². The first kappa shape index (κ1) is 16.9. The predicted octanol–water partition coefficient (Wildman–Crippen LogP) is 5.42. The topological polar surface area (TPSA) is 8.17 Å². The third kappa shape index (κ3) is 2.82. The Balaban J connectivity index is 1.96. The molecule has 0 bridgehead atoms. The van der Waals surface area contributed by atoms with E-state index in [1.54, 1.807) is 12.1 Å². The van der Waals surface area contributed by atoms with Crippen molar-refractivity contribution in [2.75, 3.05) is 13.6 Å². The van der Waals surface area contributed by atoms with Crippen LogP contribution in [0.1, 0.15) is 22.4 Å². The zero-order valence-corrected chi connectivity index (χ0v) is 14.6. The lowest BCUT2D eigenvalue weighted by Crippen LogP contribution is -2.16. The van der Waals surface area contributed by atoms with Crippen LogP contribution in [0.4, 0.5) is 13.2 Å². The Morgan fingerprint density at radius 3 is 2.42 bits per heavy atom. The third-order valence-electron chi connectivity index (χ3n) is 4.84. The number of rotatable bonds is 1. The minimum atomic E-state index is -4.33. The van der Waals surface area contributed by atoms with Crippen LogP contribution in [0.2, 0.25) is 0 Å². The van der Waals surface area contributed by atoms with E-state index in [2.05, 4.69) is 41.7 Å². The maximum atomic E-state index is 12.9. The average molecular weight is 356 g/mol. The molecule has 1 aliphatic heterocycles. The molecule has 26 heavy (non-hydrogen) atoms.